The van der Waals surface area contributed by atoms with Gasteiger partial charge in [-0.25, -0.2) is 18.0 Å². The van der Waals surface area contributed by atoms with E-state index in [9.17, 15) is 13.2 Å². The van der Waals surface area contributed by atoms with Crippen LogP contribution in [0.2, 0.25) is 0 Å². The van der Waals surface area contributed by atoms with Crippen molar-refractivity contribution in [1.29, 1.82) is 0 Å². The van der Waals surface area contributed by atoms with E-state index in [1.54, 1.807) is 42.5 Å². The van der Waals surface area contributed by atoms with E-state index in [-0.39, 0.29) is 12.3 Å². The SMILES string of the molecule is O=C(CN1CCN(S(=O)(=O)c2ccccc2)CC1)c1ccco1.O=C(O)C(=O)O. The molecular formula is C18H20N2O8S. The van der Waals surface area contributed by atoms with Gasteiger partial charge in [-0.15, -0.1) is 0 Å². The van der Waals surface area contributed by atoms with Gasteiger partial charge in [0.1, 0.15) is 0 Å². The molecule has 2 aromatic rings. The van der Waals surface area contributed by atoms with Gasteiger partial charge in [0.25, 0.3) is 0 Å². The molecule has 1 aliphatic heterocycles. The van der Waals surface area contributed by atoms with Gasteiger partial charge in [0, 0.05) is 26.2 Å². The average molecular weight is 424 g/mol. The highest BCUT2D eigenvalue weighted by Gasteiger charge is 2.29. The third kappa shape index (κ3) is 6.24. The monoisotopic (exact) mass is 424 g/mol. The number of aliphatic carboxylic acids is 2. The molecule has 10 nitrogen and oxygen atoms in total. The number of sulfonamides is 1. The van der Waals surface area contributed by atoms with E-state index in [0.29, 0.717) is 36.8 Å². The van der Waals surface area contributed by atoms with Crippen LogP contribution in [0.25, 0.3) is 0 Å². The molecule has 0 unspecified atom stereocenters. The van der Waals surface area contributed by atoms with Gasteiger partial charge in [-0.2, -0.15) is 4.31 Å². The highest BCUT2D eigenvalue weighted by molar-refractivity contribution is 7.89. The Kier molecular flexibility index (Phi) is 7.65. The number of carbonyl (C=O) groups is 3. The number of carbonyl (C=O) groups excluding carboxylic acids is 1. The fraction of sp³-hybridized carbons (Fsp3) is 0.278. The fourth-order valence-corrected chi connectivity index (χ4v) is 4.03. The average Bonchev–Trinajstić information content (AvgIpc) is 3.24. The molecule has 2 heterocycles. The summed E-state index contributed by atoms with van der Waals surface area (Å²) in [6.07, 6.45) is 1.47. The maximum Gasteiger partial charge on any atom is 0.414 e. The Morgan fingerprint density at radius 3 is 1.97 bits per heavy atom. The molecule has 0 atom stereocenters. The summed E-state index contributed by atoms with van der Waals surface area (Å²) in [6.45, 7) is 2.05. The van der Waals surface area contributed by atoms with Crippen LogP contribution in [0.15, 0.2) is 58.0 Å². The van der Waals surface area contributed by atoms with Gasteiger partial charge in [-0.05, 0) is 24.3 Å². The molecule has 1 aromatic carbocycles. The maximum absolute atomic E-state index is 12.5. The molecule has 3 rings (SSSR count). The quantitative estimate of drug-likeness (QED) is 0.521. The van der Waals surface area contributed by atoms with E-state index in [4.69, 9.17) is 24.2 Å². The summed E-state index contributed by atoms with van der Waals surface area (Å²) in [7, 11) is -3.45. The minimum atomic E-state index is -3.45. The number of rotatable bonds is 5. The first kappa shape index (κ1) is 22.3. The Morgan fingerprint density at radius 1 is 0.897 bits per heavy atom. The van der Waals surface area contributed by atoms with E-state index >= 15 is 0 Å². The van der Waals surface area contributed by atoms with Crippen molar-refractivity contribution in [3.8, 4) is 0 Å². The van der Waals surface area contributed by atoms with Crippen LogP contribution in [0.5, 0.6) is 0 Å². The Bertz CT molecular complexity index is 922. The van der Waals surface area contributed by atoms with Crippen molar-refractivity contribution in [1.82, 2.24) is 9.21 Å². The largest absolute Gasteiger partial charge is 0.473 e. The van der Waals surface area contributed by atoms with E-state index in [2.05, 4.69) is 0 Å². The summed E-state index contributed by atoms with van der Waals surface area (Å²) in [6, 6.07) is 11.7. The summed E-state index contributed by atoms with van der Waals surface area (Å²) in [4.78, 5) is 32.5. The normalized spacial score (nSPS) is 15.2. The van der Waals surface area contributed by atoms with Crippen molar-refractivity contribution in [3.05, 3.63) is 54.5 Å². The number of carboxylic acid groups (broad SMARTS) is 2. The molecule has 0 spiro atoms. The maximum atomic E-state index is 12.5. The molecule has 0 radical (unpaired) electrons. The summed E-state index contributed by atoms with van der Waals surface area (Å²) >= 11 is 0. The number of hydrogen-bond donors (Lipinski definition) is 2. The third-order valence-electron chi connectivity index (χ3n) is 4.06. The van der Waals surface area contributed by atoms with Gasteiger partial charge in [-0.1, -0.05) is 18.2 Å². The highest BCUT2D eigenvalue weighted by atomic mass is 32.2. The zero-order valence-electron chi connectivity index (χ0n) is 15.3. The fourth-order valence-electron chi connectivity index (χ4n) is 2.59. The molecule has 29 heavy (non-hydrogen) atoms. The van der Waals surface area contributed by atoms with Crippen molar-refractivity contribution in [2.75, 3.05) is 32.7 Å². The summed E-state index contributed by atoms with van der Waals surface area (Å²) in [5.41, 5.74) is 0. The van der Waals surface area contributed by atoms with Crippen molar-refractivity contribution in [2.24, 2.45) is 0 Å². The minimum Gasteiger partial charge on any atom is -0.473 e. The minimum absolute atomic E-state index is 0.0885. The molecule has 11 heteroatoms. The Hall–Kier alpha value is -3.02. The number of furan rings is 1. The second-order valence-electron chi connectivity index (χ2n) is 6.00. The molecule has 1 fully saturated rings. The second-order valence-corrected chi connectivity index (χ2v) is 7.94. The molecule has 1 aliphatic rings. The second kappa shape index (κ2) is 9.96. The molecule has 0 amide bonds. The van der Waals surface area contributed by atoms with Crippen LogP contribution in [0, 0.1) is 0 Å². The van der Waals surface area contributed by atoms with Crippen LogP contribution in [-0.4, -0.2) is 78.3 Å². The van der Waals surface area contributed by atoms with E-state index < -0.39 is 22.0 Å². The first-order valence-corrected chi connectivity index (χ1v) is 9.96. The lowest BCUT2D eigenvalue weighted by Crippen LogP contribution is -2.49. The first-order chi connectivity index (χ1) is 13.7. The van der Waals surface area contributed by atoms with E-state index in [1.807, 2.05) is 4.90 Å². The summed E-state index contributed by atoms with van der Waals surface area (Å²) in [5.74, 6) is -3.40. The highest BCUT2D eigenvalue weighted by Crippen LogP contribution is 2.17. The first-order valence-electron chi connectivity index (χ1n) is 8.52. The van der Waals surface area contributed by atoms with Crippen molar-refractivity contribution in [2.45, 2.75) is 4.90 Å². The Labute approximate surface area is 167 Å². The number of carboxylic acids is 2. The molecule has 1 aromatic heterocycles. The molecular weight excluding hydrogens is 404 g/mol. The third-order valence-corrected chi connectivity index (χ3v) is 5.97. The van der Waals surface area contributed by atoms with Gasteiger partial charge in [0.15, 0.2) is 5.76 Å². The van der Waals surface area contributed by atoms with Crippen LogP contribution in [-0.2, 0) is 19.6 Å². The number of nitrogens with zero attached hydrogens (tertiary/aromatic N) is 2. The number of hydrogen-bond acceptors (Lipinski definition) is 7. The standard InChI is InChI=1S/C16H18N2O4S.C2H2O4/c19-15(16-7-4-12-22-16)13-17-8-10-18(11-9-17)23(20,21)14-5-2-1-3-6-14;3-1(4)2(5)6/h1-7,12H,8-11,13H2;(H,3,4)(H,5,6). The number of piperazine rings is 1. The number of benzene rings is 1. The van der Waals surface area contributed by atoms with Crippen LogP contribution < -0.4 is 0 Å². The van der Waals surface area contributed by atoms with Gasteiger partial charge >= 0.3 is 11.9 Å². The molecule has 1 saturated heterocycles. The Morgan fingerprint density at radius 2 is 1.48 bits per heavy atom. The van der Waals surface area contributed by atoms with E-state index in [0.717, 1.165) is 0 Å². The Balaban J connectivity index is 0.000000438. The lowest BCUT2D eigenvalue weighted by Gasteiger charge is -2.33. The molecule has 0 saturated carbocycles. The summed E-state index contributed by atoms with van der Waals surface area (Å²) in [5, 5.41) is 14.8. The molecule has 2 N–H and O–H groups in total. The van der Waals surface area contributed by atoms with Crippen molar-refractivity contribution in [3.63, 3.8) is 0 Å². The van der Waals surface area contributed by atoms with Crippen molar-refractivity contribution >= 4 is 27.7 Å². The smallest absolute Gasteiger partial charge is 0.414 e. The van der Waals surface area contributed by atoms with Crippen molar-refractivity contribution < 1.29 is 37.4 Å². The predicted molar refractivity (Wildman–Crippen MR) is 100.0 cm³/mol. The van der Waals surface area contributed by atoms with Crippen LogP contribution in [0.4, 0.5) is 0 Å². The van der Waals surface area contributed by atoms with Crippen LogP contribution >= 0.6 is 0 Å². The van der Waals surface area contributed by atoms with Crippen LogP contribution in [0.1, 0.15) is 10.6 Å². The number of Topliss-reactive ketones (excluding diaryl/α,β-unsaturated/α-hetero) is 1. The van der Waals surface area contributed by atoms with Gasteiger partial charge in [-0.3, -0.25) is 9.69 Å². The summed E-state index contributed by atoms with van der Waals surface area (Å²) < 4.78 is 31.6. The lowest BCUT2D eigenvalue weighted by atomic mass is 10.2. The van der Waals surface area contributed by atoms with Crippen LogP contribution in [0.3, 0.4) is 0 Å². The van der Waals surface area contributed by atoms with E-state index in [1.165, 1.54) is 10.6 Å². The molecule has 0 aliphatic carbocycles. The lowest BCUT2D eigenvalue weighted by molar-refractivity contribution is -0.159. The van der Waals surface area contributed by atoms with Gasteiger partial charge in [0.2, 0.25) is 15.8 Å². The topological polar surface area (TPSA) is 145 Å². The molecule has 0 bridgehead atoms. The van der Waals surface area contributed by atoms with Gasteiger partial charge < -0.3 is 14.6 Å². The van der Waals surface area contributed by atoms with Gasteiger partial charge in [0.05, 0.1) is 17.7 Å². The molecule has 156 valence electrons. The zero-order chi connectivity index (χ0) is 21.4. The predicted octanol–water partition coefficient (Wildman–Crippen LogP) is 0.624. The number of ketones is 1. The zero-order valence-corrected chi connectivity index (χ0v) is 16.1.